The Morgan fingerprint density at radius 3 is 2.24 bits per heavy atom. The van der Waals surface area contributed by atoms with Gasteiger partial charge in [0.05, 0.1) is 36.4 Å². The van der Waals surface area contributed by atoms with Crippen LogP contribution in [0.2, 0.25) is 0 Å². The number of nitrogens with zero attached hydrogens (tertiary/aromatic N) is 1. The highest BCUT2D eigenvalue weighted by Gasteiger charge is 2.33. The van der Waals surface area contributed by atoms with E-state index in [4.69, 9.17) is 9.47 Å². The third kappa shape index (κ3) is 6.39. The summed E-state index contributed by atoms with van der Waals surface area (Å²) in [7, 11) is -1.82. The highest BCUT2D eigenvalue weighted by Crippen LogP contribution is 2.35. The number of carbonyl (C=O) groups is 1. The standard InChI is InChI=1S/C27H29F3N2O5S/c1-17-9-10-20(13-18(17)2)19(3)31-26(33)16-32(22-8-6-7-21(14-22)27(28,29)30)38(34,35)23-11-12-24(36-4)25(15-23)37-5/h6-15,19H,16H2,1-5H3,(H,31,33). The SMILES string of the molecule is COc1ccc(S(=O)(=O)N(CC(=O)NC(C)c2ccc(C)c(C)c2)c2cccc(C(F)(F)F)c2)cc1OC. The van der Waals surface area contributed by atoms with Gasteiger partial charge in [-0.3, -0.25) is 9.10 Å². The molecule has 0 aliphatic rings. The highest BCUT2D eigenvalue weighted by molar-refractivity contribution is 7.92. The summed E-state index contributed by atoms with van der Waals surface area (Å²) in [5, 5.41) is 2.74. The first-order valence-electron chi connectivity index (χ1n) is 11.6. The molecule has 0 aliphatic carbocycles. The lowest BCUT2D eigenvalue weighted by molar-refractivity contribution is -0.137. The van der Waals surface area contributed by atoms with Crippen LogP contribution >= 0.6 is 0 Å². The van der Waals surface area contributed by atoms with Crippen LogP contribution in [-0.2, 0) is 21.0 Å². The molecule has 11 heteroatoms. The number of aryl methyl sites for hydroxylation is 2. The predicted octanol–water partition coefficient (Wildman–Crippen LogP) is 5.41. The van der Waals surface area contributed by atoms with Crippen LogP contribution in [0.3, 0.4) is 0 Å². The second-order valence-electron chi connectivity index (χ2n) is 8.71. The van der Waals surface area contributed by atoms with E-state index in [2.05, 4.69) is 5.32 Å². The first-order chi connectivity index (χ1) is 17.8. The van der Waals surface area contributed by atoms with Crippen molar-refractivity contribution in [3.05, 3.63) is 82.9 Å². The zero-order valence-corrected chi connectivity index (χ0v) is 22.4. The number of hydrogen-bond donors (Lipinski definition) is 1. The number of alkyl halides is 3. The lowest BCUT2D eigenvalue weighted by Gasteiger charge is -2.26. The van der Waals surface area contributed by atoms with Gasteiger partial charge in [0.25, 0.3) is 10.0 Å². The number of ether oxygens (including phenoxy) is 2. The van der Waals surface area contributed by atoms with Gasteiger partial charge in [-0.2, -0.15) is 13.2 Å². The van der Waals surface area contributed by atoms with E-state index in [-0.39, 0.29) is 22.1 Å². The van der Waals surface area contributed by atoms with Crippen molar-refractivity contribution in [1.29, 1.82) is 0 Å². The van der Waals surface area contributed by atoms with Crippen LogP contribution in [0.4, 0.5) is 18.9 Å². The number of rotatable bonds is 9. The minimum Gasteiger partial charge on any atom is -0.493 e. The minimum atomic E-state index is -4.71. The van der Waals surface area contributed by atoms with E-state index in [0.29, 0.717) is 10.4 Å². The molecule has 204 valence electrons. The maximum Gasteiger partial charge on any atom is 0.416 e. The number of carbonyl (C=O) groups excluding carboxylic acids is 1. The van der Waals surface area contributed by atoms with Gasteiger partial charge in [0.1, 0.15) is 6.54 Å². The summed E-state index contributed by atoms with van der Waals surface area (Å²) >= 11 is 0. The molecule has 1 unspecified atom stereocenters. The van der Waals surface area contributed by atoms with Crippen molar-refractivity contribution >= 4 is 21.6 Å². The molecule has 3 aromatic carbocycles. The monoisotopic (exact) mass is 550 g/mol. The molecule has 1 N–H and O–H groups in total. The van der Waals surface area contributed by atoms with E-state index < -0.39 is 40.3 Å². The fourth-order valence-corrected chi connectivity index (χ4v) is 5.22. The predicted molar refractivity (Wildman–Crippen MR) is 138 cm³/mol. The summed E-state index contributed by atoms with van der Waals surface area (Å²) in [6.45, 7) is 4.86. The van der Waals surface area contributed by atoms with Gasteiger partial charge in [0, 0.05) is 6.07 Å². The quantitative estimate of drug-likeness (QED) is 0.385. The van der Waals surface area contributed by atoms with E-state index in [1.165, 1.54) is 38.5 Å². The minimum absolute atomic E-state index is 0.102. The van der Waals surface area contributed by atoms with Gasteiger partial charge in [-0.05, 0) is 67.8 Å². The highest BCUT2D eigenvalue weighted by atomic mass is 32.2. The fourth-order valence-electron chi connectivity index (χ4n) is 3.79. The van der Waals surface area contributed by atoms with Crippen molar-refractivity contribution in [2.24, 2.45) is 0 Å². The van der Waals surface area contributed by atoms with Gasteiger partial charge in [-0.15, -0.1) is 0 Å². The smallest absolute Gasteiger partial charge is 0.416 e. The molecule has 1 amide bonds. The topological polar surface area (TPSA) is 84.9 Å². The molecule has 0 fully saturated rings. The first kappa shape index (κ1) is 28.8. The maximum atomic E-state index is 13.7. The molecule has 0 bridgehead atoms. The third-order valence-corrected chi connectivity index (χ3v) is 7.87. The Kier molecular flexibility index (Phi) is 8.61. The van der Waals surface area contributed by atoms with E-state index in [1.807, 2.05) is 32.0 Å². The summed E-state index contributed by atoms with van der Waals surface area (Å²) in [4.78, 5) is 12.8. The second kappa shape index (κ2) is 11.3. The van der Waals surface area contributed by atoms with E-state index >= 15 is 0 Å². The fraction of sp³-hybridized carbons (Fsp3) is 0.296. The molecule has 0 saturated heterocycles. The molecule has 3 aromatic rings. The Balaban J connectivity index is 2.01. The Bertz CT molecular complexity index is 1420. The van der Waals surface area contributed by atoms with Crippen LogP contribution in [0, 0.1) is 13.8 Å². The number of anilines is 1. The number of sulfonamides is 1. The molecular weight excluding hydrogens is 521 g/mol. The average Bonchev–Trinajstić information content (AvgIpc) is 2.87. The normalized spacial score (nSPS) is 12.5. The average molecular weight is 551 g/mol. The maximum absolute atomic E-state index is 13.7. The van der Waals surface area contributed by atoms with Crippen molar-refractivity contribution in [2.75, 3.05) is 25.1 Å². The molecule has 38 heavy (non-hydrogen) atoms. The van der Waals surface area contributed by atoms with Crippen molar-refractivity contribution in [2.45, 2.75) is 37.9 Å². The lowest BCUT2D eigenvalue weighted by atomic mass is 10.0. The van der Waals surface area contributed by atoms with E-state index in [9.17, 15) is 26.4 Å². The van der Waals surface area contributed by atoms with Crippen LogP contribution in [0.1, 0.15) is 35.2 Å². The van der Waals surface area contributed by atoms with Crippen LogP contribution < -0.4 is 19.1 Å². The molecule has 0 saturated carbocycles. The van der Waals surface area contributed by atoms with Gasteiger partial charge in [0.15, 0.2) is 11.5 Å². The molecule has 0 heterocycles. The number of halogens is 3. The lowest BCUT2D eigenvalue weighted by Crippen LogP contribution is -2.41. The summed E-state index contributed by atoms with van der Waals surface area (Å²) < 4.78 is 78.7. The number of nitrogens with one attached hydrogen (secondary N) is 1. The molecule has 0 radical (unpaired) electrons. The molecule has 0 aromatic heterocycles. The molecular formula is C27H29F3N2O5S. The van der Waals surface area contributed by atoms with E-state index in [0.717, 1.165) is 28.8 Å². The molecule has 1 atom stereocenters. The van der Waals surface area contributed by atoms with E-state index in [1.54, 1.807) is 6.92 Å². The van der Waals surface area contributed by atoms with Crippen LogP contribution in [0.15, 0.2) is 65.6 Å². The zero-order chi connectivity index (χ0) is 28.3. The largest absolute Gasteiger partial charge is 0.493 e. The summed E-state index contributed by atoms with van der Waals surface area (Å²) in [6.07, 6.45) is -4.71. The third-order valence-electron chi connectivity index (χ3n) is 6.10. The molecule has 3 rings (SSSR count). The van der Waals surface area contributed by atoms with Gasteiger partial charge in [-0.1, -0.05) is 24.3 Å². The molecule has 7 nitrogen and oxygen atoms in total. The molecule has 0 spiro atoms. The van der Waals surface area contributed by atoms with Crippen molar-refractivity contribution < 1.29 is 35.9 Å². The van der Waals surface area contributed by atoms with Crippen molar-refractivity contribution in [3.8, 4) is 11.5 Å². The van der Waals surface area contributed by atoms with Gasteiger partial charge in [0.2, 0.25) is 5.91 Å². The number of methoxy groups -OCH3 is 2. The molecule has 0 aliphatic heterocycles. The Morgan fingerprint density at radius 2 is 1.63 bits per heavy atom. The van der Waals surface area contributed by atoms with Gasteiger partial charge in [-0.25, -0.2) is 8.42 Å². The number of amides is 1. The van der Waals surface area contributed by atoms with Gasteiger partial charge < -0.3 is 14.8 Å². The van der Waals surface area contributed by atoms with Crippen LogP contribution in [0.25, 0.3) is 0 Å². The summed E-state index contributed by atoms with van der Waals surface area (Å²) in [5.74, 6) is -0.334. The van der Waals surface area contributed by atoms with Crippen molar-refractivity contribution in [1.82, 2.24) is 5.32 Å². The Morgan fingerprint density at radius 1 is 0.947 bits per heavy atom. The Hall–Kier alpha value is -3.73. The number of hydrogen-bond acceptors (Lipinski definition) is 5. The summed E-state index contributed by atoms with van der Waals surface area (Å²) in [5.41, 5.74) is 1.53. The van der Waals surface area contributed by atoms with Crippen molar-refractivity contribution in [3.63, 3.8) is 0 Å². The van der Waals surface area contributed by atoms with Crippen LogP contribution in [-0.4, -0.2) is 35.1 Å². The Labute approximate surface area is 220 Å². The van der Waals surface area contributed by atoms with Crippen LogP contribution in [0.5, 0.6) is 11.5 Å². The number of benzene rings is 3. The summed E-state index contributed by atoms with van der Waals surface area (Å²) in [6, 6.07) is 12.8. The first-order valence-corrected chi connectivity index (χ1v) is 13.0. The zero-order valence-electron chi connectivity index (χ0n) is 21.6. The second-order valence-corrected chi connectivity index (χ2v) is 10.6. The van der Waals surface area contributed by atoms with Gasteiger partial charge >= 0.3 is 6.18 Å².